The number of aliphatic carboxylic acids is 1. The minimum Gasteiger partial charge on any atom is -0.486 e. The molecule has 0 fully saturated rings. The van der Waals surface area contributed by atoms with Gasteiger partial charge in [-0.1, -0.05) is 60.7 Å². The lowest BCUT2D eigenvalue weighted by Gasteiger charge is -2.16. The molecule has 28 heavy (non-hydrogen) atoms. The quantitative estimate of drug-likeness (QED) is 0.631. The van der Waals surface area contributed by atoms with Gasteiger partial charge < -0.3 is 15.2 Å². The zero-order valence-corrected chi connectivity index (χ0v) is 15.1. The van der Waals surface area contributed by atoms with Gasteiger partial charge >= 0.3 is 5.97 Å². The number of ether oxygens (including phenoxy) is 1. The number of carbonyl (C=O) groups excluding carboxylic acids is 1. The normalized spacial score (nSPS) is 11.4. The fourth-order valence-corrected chi connectivity index (χ4v) is 2.69. The molecule has 1 aromatic heterocycles. The first kappa shape index (κ1) is 19.1. The van der Waals surface area contributed by atoms with Crippen molar-refractivity contribution in [2.45, 2.75) is 19.1 Å². The van der Waals surface area contributed by atoms with Crippen LogP contribution < -0.4 is 10.1 Å². The van der Waals surface area contributed by atoms with Gasteiger partial charge in [0.15, 0.2) is 11.4 Å². The third-order valence-electron chi connectivity index (χ3n) is 4.11. The van der Waals surface area contributed by atoms with Crippen LogP contribution in [0.5, 0.6) is 5.75 Å². The molecule has 142 valence electrons. The van der Waals surface area contributed by atoms with E-state index in [9.17, 15) is 14.7 Å². The van der Waals surface area contributed by atoms with E-state index in [4.69, 9.17) is 4.74 Å². The number of amides is 1. The van der Waals surface area contributed by atoms with Gasteiger partial charge in [0.1, 0.15) is 12.6 Å². The van der Waals surface area contributed by atoms with E-state index in [1.165, 1.54) is 6.20 Å². The van der Waals surface area contributed by atoms with Crippen LogP contribution in [0.2, 0.25) is 0 Å². The molecule has 2 N–H and O–H groups in total. The topological polar surface area (TPSA) is 88.5 Å². The number of nitrogens with one attached hydrogen (secondary N) is 1. The predicted molar refractivity (Wildman–Crippen MR) is 104 cm³/mol. The molecule has 0 aliphatic rings. The molecule has 3 aromatic rings. The monoisotopic (exact) mass is 376 g/mol. The molecule has 1 unspecified atom stereocenters. The second-order valence-electron chi connectivity index (χ2n) is 6.18. The lowest BCUT2D eigenvalue weighted by atomic mass is 10.1. The van der Waals surface area contributed by atoms with Crippen molar-refractivity contribution in [2.24, 2.45) is 0 Å². The zero-order valence-electron chi connectivity index (χ0n) is 15.1. The Balaban J connectivity index is 1.71. The van der Waals surface area contributed by atoms with E-state index >= 15 is 0 Å². The Hall–Kier alpha value is -3.67. The van der Waals surface area contributed by atoms with E-state index in [-0.39, 0.29) is 18.7 Å². The van der Waals surface area contributed by atoms with Crippen LogP contribution in [-0.4, -0.2) is 28.0 Å². The van der Waals surface area contributed by atoms with E-state index in [1.807, 2.05) is 60.7 Å². The number of benzene rings is 2. The summed E-state index contributed by atoms with van der Waals surface area (Å²) in [4.78, 5) is 28.3. The molecular weight excluding hydrogens is 356 g/mol. The molecule has 0 aliphatic heterocycles. The van der Waals surface area contributed by atoms with Crippen molar-refractivity contribution in [3.8, 4) is 5.75 Å². The summed E-state index contributed by atoms with van der Waals surface area (Å²) in [5.74, 6) is -1.40. The summed E-state index contributed by atoms with van der Waals surface area (Å²) in [6.45, 7) is 0.277. The van der Waals surface area contributed by atoms with Gasteiger partial charge in [-0.3, -0.25) is 4.79 Å². The highest BCUT2D eigenvalue weighted by molar-refractivity contribution is 5.97. The predicted octanol–water partition coefficient (Wildman–Crippen LogP) is 3.09. The number of rotatable bonds is 8. The molecule has 0 aliphatic carbocycles. The third kappa shape index (κ3) is 5.17. The van der Waals surface area contributed by atoms with Gasteiger partial charge in [0.05, 0.1) is 0 Å². The number of pyridine rings is 1. The fourth-order valence-electron chi connectivity index (χ4n) is 2.69. The first-order valence-corrected chi connectivity index (χ1v) is 8.83. The van der Waals surface area contributed by atoms with E-state index < -0.39 is 17.9 Å². The number of aromatic nitrogens is 1. The molecule has 0 saturated carbocycles. The van der Waals surface area contributed by atoms with E-state index in [1.54, 1.807) is 12.1 Å². The van der Waals surface area contributed by atoms with Crippen LogP contribution in [0.3, 0.4) is 0 Å². The van der Waals surface area contributed by atoms with Crippen molar-refractivity contribution >= 4 is 11.9 Å². The number of carboxylic acids is 1. The van der Waals surface area contributed by atoms with Crippen molar-refractivity contribution < 1.29 is 19.4 Å². The Bertz CT molecular complexity index is 930. The van der Waals surface area contributed by atoms with Crippen LogP contribution in [0.15, 0.2) is 79.0 Å². The molecular formula is C22H20N2O4. The largest absolute Gasteiger partial charge is 0.486 e. The van der Waals surface area contributed by atoms with E-state index in [2.05, 4.69) is 10.3 Å². The van der Waals surface area contributed by atoms with Crippen molar-refractivity contribution in [3.05, 3.63) is 95.8 Å². The molecule has 0 bridgehead atoms. The maximum absolute atomic E-state index is 12.7. The molecule has 1 heterocycles. The van der Waals surface area contributed by atoms with Gasteiger partial charge in [-0.05, 0) is 23.3 Å². The van der Waals surface area contributed by atoms with Crippen LogP contribution in [0, 0.1) is 0 Å². The van der Waals surface area contributed by atoms with Gasteiger partial charge in [-0.2, -0.15) is 0 Å². The molecule has 2 aromatic carbocycles. The molecule has 0 radical (unpaired) electrons. The Morgan fingerprint density at radius 1 is 0.929 bits per heavy atom. The highest BCUT2D eigenvalue weighted by atomic mass is 16.5. The summed E-state index contributed by atoms with van der Waals surface area (Å²) in [7, 11) is 0. The Morgan fingerprint density at radius 3 is 2.21 bits per heavy atom. The molecule has 3 rings (SSSR count). The van der Waals surface area contributed by atoms with Crippen LogP contribution in [0.25, 0.3) is 0 Å². The van der Waals surface area contributed by atoms with Crippen molar-refractivity contribution in [3.63, 3.8) is 0 Å². The van der Waals surface area contributed by atoms with E-state index in [0.717, 1.165) is 11.1 Å². The summed E-state index contributed by atoms with van der Waals surface area (Å²) in [5, 5.41) is 12.0. The highest BCUT2D eigenvalue weighted by Gasteiger charge is 2.23. The first-order valence-electron chi connectivity index (χ1n) is 8.83. The second kappa shape index (κ2) is 9.32. The Labute approximate surface area is 162 Å². The van der Waals surface area contributed by atoms with Crippen LogP contribution in [0.4, 0.5) is 0 Å². The van der Waals surface area contributed by atoms with Gasteiger partial charge in [-0.15, -0.1) is 0 Å². The minimum atomic E-state index is -1.11. The number of carboxylic acid groups (broad SMARTS) is 1. The maximum atomic E-state index is 12.7. The number of hydrogen-bond donors (Lipinski definition) is 2. The lowest BCUT2D eigenvalue weighted by Crippen LogP contribution is -2.42. The fraction of sp³-hybridized carbons (Fsp3) is 0.136. The van der Waals surface area contributed by atoms with Crippen molar-refractivity contribution in [1.82, 2.24) is 10.3 Å². The minimum absolute atomic E-state index is 0.0535. The SMILES string of the molecule is O=C(NC(Cc1ccccc1)C(=O)O)c1ncccc1OCc1ccccc1. The smallest absolute Gasteiger partial charge is 0.326 e. The van der Waals surface area contributed by atoms with Gasteiger partial charge in [0.2, 0.25) is 0 Å². The van der Waals surface area contributed by atoms with E-state index in [0.29, 0.717) is 5.75 Å². The van der Waals surface area contributed by atoms with Crippen LogP contribution in [-0.2, 0) is 17.8 Å². The summed E-state index contributed by atoms with van der Waals surface area (Å²) >= 11 is 0. The molecule has 1 amide bonds. The number of nitrogens with zero attached hydrogens (tertiary/aromatic N) is 1. The summed E-state index contributed by atoms with van der Waals surface area (Å²) in [5.41, 5.74) is 1.82. The summed E-state index contributed by atoms with van der Waals surface area (Å²) < 4.78 is 5.73. The molecule has 0 spiro atoms. The Morgan fingerprint density at radius 2 is 1.57 bits per heavy atom. The average molecular weight is 376 g/mol. The average Bonchev–Trinajstić information content (AvgIpc) is 2.73. The van der Waals surface area contributed by atoms with Gasteiger partial charge in [0, 0.05) is 12.6 Å². The standard InChI is InChI=1S/C22H20N2O4/c25-21(24-18(22(26)27)14-16-8-3-1-4-9-16)20-19(12-7-13-23-20)28-15-17-10-5-2-6-11-17/h1-13,18H,14-15H2,(H,24,25)(H,26,27). The van der Waals surface area contributed by atoms with Gasteiger partial charge in [0.25, 0.3) is 5.91 Å². The number of hydrogen-bond acceptors (Lipinski definition) is 4. The maximum Gasteiger partial charge on any atom is 0.326 e. The lowest BCUT2D eigenvalue weighted by molar-refractivity contribution is -0.139. The summed E-state index contributed by atoms with van der Waals surface area (Å²) in [6.07, 6.45) is 1.65. The molecule has 1 atom stereocenters. The number of carbonyl (C=O) groups is 2. The zero-order chi connectivity index (χ0) is 19.8. The van der Waals surface area contributed by atoms with Crippen molar-refractivity contribution in [2.75, 3.05) is 0 Å². The van der Waals surface area contributed by atoms with Crippen molar-refractivity contribution in [1.29, 1.82) is 0 Å². The molecule has 6 heteroatoms. The van der Waals surface area contributed by atoms with Gasteiger partial charge in [-0.25, -0.2) is 9.78 Å². The first-order chi connectivity index (χ1) is 13.6. The highest BCUT2D eigenvalue weighted by Crippen LogP contribution is 2.17. The molecule has 6 nitrogen and oxygen atoms in total. The Kier molecular flexibility index (Phi) is 6.36. The van der Waals surface area contributed by atoms with Crippen LogP contribution in [0.1, 0.15) is 21.6 Å². The summed E-state index contributed by atoms with van der Waals surface area (Å²) in [6, 6.07) is 20.9. The third-order valence-corrected chi connectivity index (χ3v) is 4.11. The van der Waals surface area contributed by atoms with Crippen LogP contribution >= 0.6 is 0 Å². The second-order valence-corrected chi connectivity index (χ2v) is 6.18. The molecule has 0 saturated heterocycles.